The lowest BCUT2D eigenvalue weighted by molar-refractivity contribution is 0.0561. The Bertz CT molecular complexity index is 1800. The average molecular weight is 1050 g/mol. The molecule has 2 aliphatic rings. The first-order valence-corrected chi connectivity index (χ1v) is 17.5. The Labute approximate surface area is 293 Å². The summed E-state index contributed by atoms with van der Waals surface area (Å²) in [5, 5.41) is 2.64. The highest BCUT2D eigenvalue weighted by Gasteiger charge is 2.44. The van der Waals surface area contributed by atoms with E-state index in [1.807, 2.05) is 0 Å². The van der Waals surface area contributed by atoms with Crippen molar-refractivity contribution < 1.29 is 19.2 Å². The number of imide groups is 2. The van der Waals surface area contributed by atoms with Gasteiger partial charge in [0.15, 0.2) is 0 Å². The number of benzene rings is 4. The summed E-state index contributed by atoms with van der Waals surface area (Å²) in [4.78, 5) is 56.5. The summed E-state index contributed by atoms with van der Waals surface area (Å²) >= 11 is 28.2. The lowest BCUT2D eigenvalue weighted by Gasteiger charge is -2.19. The molecule has 0 atom stereocenters. The van der Waals surface area contributed by atoms with Gasteiger partial charge in [-0.2, -0.15) is 0 Å². The van der Waals surface area contributed by atoms with Crippen LogP contribution in [-0.2, 0) is 0 Å². The van der Waals surface area contributed by atoms with Crippen molar-refractivity contribution in [3.05, 3.63) is 82.3 Å². The van der Waals surface area contributed by atoms with Gasteiger partial charge in [-0.3, -0.25) is 29.0 Å². The average Bonchev–Trinajstić information content (AvgIpc) is 3.31. The van der Waals surface area contributed by atoms with Crippen molar-refractivity contribution in [1.29, 1.82) is 0 Å². The minimum Gasteiger partial charge on any atom is -0.272 e. The quantitative estimate of drug-likeness (QED) is 0.192. The van der Waals surface area contributed by atoms with Gasteiger partial charge >= 0.3 is 0 Å². The first-order valence-electron chi connectivity index (χ1n) is 11.2. The van der Waals surface area contributed by atoms with Crippen molar-refractivity contribution in [3.63, 3.8) is 0 Å². The molecule has 0 bridgehead atoms. The molecule has 4 aromatic rings. The second-order valence-electron chi connectivity index (χ2n) is 8.85. The number of rotatable bonds is 3. The highest BCUT2D eigenvalue weighted by Crippen LogP contribution is 2.48. The molecule has 2 heterocycles. The first-order chi connectivity index (χ1) is 18.9. The molecule has 0 unspecified atom stereocenters. The number of hydrogen-bond donors (Lipinski definition) is 0. The maximum absolute atomic E-state index is 13.6. The second kappa shape index (κ2) is 10.6. The van der Waals surface area contributed by atoms with E-state index in [-0.39, 0.29) is 35.3 Å². The minimum absolute atomic E-state index is 0.160. The van der Waals surface area contributed by atoms with Gasteiger partial charge in [0.2, 0.25) is 0 Å². The number of hydrogen-bond acceptors (Lipinski definition) is 4. The van der Waals surface area contributed by atoms with Crippen LogP contribution in [0.15, 0.2) is 60.0 Å². The SMILES string of the molecule is O=C1c2c(Br)c(Br)c3c(Br)c(Br)ccc3c2C(=O)N1CCN1C(=O)c2c(Br)c(Br)c3c(Br)c(Br)ccc3c2C1=O. The monoisotopic (exact) mass is 1040 g/mol. The van der Waals surface area contributed by atoms with E-state index in [9.17, 15) is 19.2 Å². The molecule has 0 fully saturated rings. The molecule has 0 aromatic heterocycles. The van der Waals surface area contributed by atoms with Crippen LogP contribution in [0.25, 0.3) is 21.5 Å². The number of fused-ring (bicyclic) bond motifs is 6. The van der Waals surface area contributed by atoms with Crippen molar-refractivity contribution in [2.75, 3.05) is 13.1 Å². The largest absolute Gasteiger partial charge is 0.272 e. The number of carbonyl (C=O) groups is 4. The van der Waals surface area contributed by atoms with Crippen LogP contribution in [0.2, 0.25) is 0 Å². The van der Waals surface area contributed by atoms with Crippen molar-refractivity contribution in [1.82, 2.24) is 9.80 Å². The minimum atomic E-state index is -0.506. The van der Waals surface area contributed by atoms with Gasteiger partial charge in [-0.05, 0) is 150 Å². The van der Waals surface area contributed by atoms with Crippen LogP contribution in [0.5, 0.6) is 0 Å². The van der Waals surface area contributed by atoms with E-state index >= 15 is 0 Å². The van der Waals surface area contributed by atoms with E-state index in [0.29, 0.717) is 28.7 Å². The van der Waals surface area contributed by atoms with Crippen LogP contribution in [-0.4, -0.2) is 46.5 Å². The van der Waals surface area contributed by atoms with Gasteiger partial charge in [0.1, 0.15) is 0 Å². The number of amides is 4. The highest BCUT2D eigenvalue weighted by molar-refractivity contribution is 9.14. The molecule has 0 saturated heterocycles. The van der Waals surface area contributed by atoms with Gasteiger partial charge in [-0.25, -0.2) is 0 Å². The maximum Gasteiger partial charge on any atom is 0.262 e. The zero-order valence-corrected chi connectivity index (χ0v) is 32.0. The van der Waals surface area contributed by atoms with Crippen molar-refractivity contribution in [3.8, 4) is 0 Å². The van der Waals surface area contributed by atoms with Crippen molar-refractivity contribution >= 4 is 173 Å². The van der Waals surface area contributed by atoms with E-state index in [0.717, 1.165) is 38.5 Å². The molecule has 14 heteroatoms. The summed E-state index contributed by atoms with van der Waals surface area (Å²) in [7, 11) is 0. The molecule has 6 rings (SSSR count). The molecule has 4 amide bonds. The zero-order chi connectivity index (χ0) is 28.9. The van der Waals surface area contributed by atoms with Crippen LogP contribution < -0.4 is 0 Å². The summed E-state index contributed by atoms with van der Waals surface area (Å²) < 4.78 is 5.18. The van der Waals surface area contributed by atoms with Crippen molar-refractivity contribution in [2.24, 2.45) is 0 Å². The van der Waals surface area contributed by atoms with E-state index in [2.05, 4.69) is 127 Å². The third kappa shape index (κ3) is 4.10. The fraction of sp³-hybridized carbons (Fsp3) is 0.0769. The Kier molecular flexibility index (Phi) is 7.84. The summed E-state index contributed by atoms with van der Waals surface area (Å²) in [6.45, 7) is -0.319. The van der Waals surface area contributed by atoms with E-state index in [4.69, 9.17) is 0 Å². The van der Waals surface area contributed by atoms with Crippen LogP contribution in [0.3, 0.4) is 0 Å². The van der Waals surface area contributed by atoms with Crippen LogP contribution in [0.1, 0.15) is 41.4 Å². The van der Waals surface area contributed by atoms with Gasteiger partial charge in [0.05, 0.1) is 22.3 Å². The molecule has 0 aliphatic carbocycles. The fourth-order valence-electron chi connectivity index (χ4n) is 5.05. The van der Waals surface area contributed by atoms with Crippen LogP contribution in [0, 0.1) is 0 Å². The molecule has 0 N–H and O–H groups in total. The fourth-order valence-corrected chi connectivity index (χ4v) is 9.68. The molecule has 0 saturated carbocycles. The lowest BCUT2D eigenvalue weighted by Crippen LogP contribution is -2.40. The maximum atomic E-state index is 13.6. The Morgan fingerprint density at radius 3 is 1.10 bits per heavy atom. The molecule has 0 spiro atoms. The number of nitrogens with zero attached hydrogens (tertiary/aromatic N) is 2. The highest BCUT2D eigenvalue weighted by atomic mass is 79.9. The summed E-state index contributed by atoms with van der Waals surface area (Å²) in [6, 6.07) is 7.14. The van der Waals surface area contributed by atoms with Gasteiger partial charge in [-0.1, -0.05) is 12.1 Å². The smallest absolute Gasteiger partial charge is 0.262 e. The number of halogens is 8. The van der Waals surface area contributed by atoms with Gasteiger partial charge in [0, 0.05) is 59.6 Å². The van der Waals surface area contributed by atoms with E-state index in [1.165, 1.54) is 0 Å². The number of carbonyl (C=O) groups excluding carboxylic acids is 4. The predicted molar refractivity (Wildman–Crippen MR) is 180 cm³/mol. The third-order valence-corrected chi connectivity index (χ3v) is 15.1. The first kappa shape index (κ1) is 29.6. The van der Waals surface area contributed by atoms with Crippen LogP contribution >= 0.6 is 127 Å². The molecular formula is C26H8Br8N2O4. The normalized spacial score (nSPS) is 14.8. The standard InChI is InChI=1S/C26H8Br8N2O4/c27-9-3-1-7-11-15(21(33)19(31)13(7)17(9)29)25(39)35(23(11)37)5-6-36-24(38)12-8-2-4-10(28)18(30)14(8)20(32)22(34)16(12)26(36)40/h1-4H,5-6H2. The zero-order valence-electron chi connectivity index (χ0n) is 19.3. The predicted octanol–water partition coefficient (Wildman–Crippen LogP) is 9.99. The molecule has 40 heavy (non-hydrogen) atoms. The Morgan fingerprint density at radius 1 is 0.425 bits per heavy atom. The van der Waals surface area contributed by atoms with E-state index < -0.39 is 23.6 Å². The lowest BCUT2D eigenvalue weighted by atomic mass is 10.0. The summed E-state index contributed by atoms with van der Waals surface area (Å²) in [6.07, 6.45) is 0. The molecule has 6 nitrogen and oxygen atoms in total. The summed E-state index contributed by atoms with van der Waals surface area (Å²) in [5.74, 6) is -2.00. The van der Waals surface area contributed by atoms with Crippen LogP contribution in [0.4, 0.5) is 0 Å². The topological polar surface area (TPSA) is 74.8 Å². The second-order valence-corrected chi connectivity index (χ2v) is 15.3. The Hall–Kier alpha value is -0.480. The molecule has 4 aromatic carbocycles. The Balaban J connectivity index is 1.38. The van der Waals surface area contributed by atoms with E-state index in [1.54, 1.807) is 24.3 Å². The summed E-state index contributed by atoms with van der Waals surface area (Å²) in [5.41, 5.74) is 0.987. The molecular weight excluding hydrogens is 1040 g/mol. The molecule has 0 radical (unpaired) electrons. The molecule has 2 aliphatic heterocycles. The van der Waals surface area contributed by atoms with Gasteiger partial charge in [-0.15, -0.1) is 0 Å². The van der Waals surface area contributed by atoms with Gasteiger partial charge in [0.25, 0.3) is 23.6 Å². The van der Waals surface area contributed by atoms with Gasteiger partial charge < -0.3 is 0 Å². The molecule has 202 valence electrons. The van der Waals surface area contributed by atoms with Crippen molar-refractivity contribution in [2.45, 2.75) is 0 Å². The Morgan fingerprint density at radius 2 is 0.750 bits per heavy atom. The third-order valence-electron chi connectivity index (χ3n) is 6.88.